The molecule has 2 aromatic rings. The maximum absolute atomic E-state index is 11.7. The highest BCUT2D eigenvalue weighted by atomic mass is 127. The van der Waals surface area contributed by atoms with Crippen molar-refractivity contribution in [2.45, 2.75) is 44.1 Å². The molecule has 154 valence electrons. The van der Waals surface area contributed by atoms with Crippen molar-refractivity contribution in [3.63, 3.8) is 0 Å². The fraction of sp³-hybridized carbons (Fsp3) is 0.407. The van der Waals surface area contributed by atoms with E-state index in [9.17, 15) is 5.11 Å². The number of hydrogen-bond acceptors (Lipinski definition) is 2. The molecule has 0 saturated heterocycles. The zero-order valence-electron chi connectivity index (χ0n) is 17.5. The molecule has 0 amide bonds. The van der Waals surface area contributed by atoms with Gasteiger partial charge in [0.25, 0.3) is 0 Å². The van der Waals surface area contributed by atoms with Crippen LogP contribution in [0.1, 0.15) is 55.2 Å². The Hall–Kier alpha value is -1.77. The van der Waals surface area contributed by atoms with Crippen molar-refractivity contribution in [3.8, 4) is 17.6 Å². The first-order valence-electron chi connectivity index (χ1n) is 10.8. The van der Waals surface area contributed by atoms with Crippen molar-refractivity contribution in [2.75, 3.05) is 7.11 Å². The number of fused-ring (bicyclic) bond motifs is 5. The number of allylic oxidation sites excluding steroid dienone is 1. The number of hydrogen-bond donors (Lipinski definition) is 1. The first kappa shape index (κ1) is 20.2. The van der Waals surface area contributed by atoms with Crippen LogP contribution in [-0.4, -0.2) is 17.8 Å². The topological polar surface area (TPSA) is 29.5 Å². The van der Waals surface area contributed by atoms with E-state index in [-0.39, 0.29) is 5.41 Å². The van der Waals surface area contributed by atoms with Gasteiger partial charge in [0.05, 0.1) is 7.11 Å². The van der Waals surface area contributed by atoms with E-state index in [0.29, 0.717) is 17.8 Å². The van der Waals surface area contributed by atoms with Gasteiger partial charge in [-0.05, 0) is 114 Å². The van der Waals surface area contributed by atoms with Crippen molar-refractivity contribution in [2.24, 2.45) is 17.3 Å². The fourth-order valence-corrected chi connectivity index (χ4v) is 6.49. The summed E-state index contributed by atoms with van der Waals surface area (Å²) in [5, 5.41) is 11.7. The second-order valence-corrected chi connectivity index (χ2v) is 10.5. The molecule has 30 heavy (non-hydrogen) atoms. The highest BCUT2D eigenvalue weighted by Crippen LogP contribution is 2.63. The van der Waals surface area contributed by atoms with E-state index >= 15 is 0 Å². The Morgan fingerprint density at radius 3 is 2.67 bits per heavy atom. The second kappa shape index (κ2) is 7.43. The van der Waals surface area contributed by atoms with Gasteiger partial charge in [-0.3, -0.25) is 0 Å². The van der Waals surface area contributed by atoms with Crippen LogP contribution in [0.3, 0.4) is 0 Å². The third kappa shape index (κ3) is 3.11. The highest BCUT2D eigenvalue weighted by Gasteiger charge is 2.60. The minimum Gasteiger partial charge on any atom is -0.497 e. The number of halogens is 1. The molecule has 0 bridgehead atoms. The standard InChI is InChI=1S/C27H27IO2/c1-26-14-12-23-22-10-8-21(30-2)17-19(22)5-9-24(23)25(26)13-16-27(26,29)15-11-18-3-6-20(28)7-4-18/h3-10,17,23-25,29H,12-14,16H2,1-2H3/t23-,24-,25+,26+,27+/m1/s1. The van der Waals surface area contributed by atoms with E-state index in [2.05, 4.69) is 83.8 Å². The monoisotopic (exact) mass is 510 g/mol. The van der Waals surface area contributed by atoms with Crippen LogP contribution in [0.4, 0.5) is 0 Å². The second-order valence-electron chi connectivity index (χ2n) is 9.26. The lowest BCUT2D eigenvalue weighted by Crippen LogP contribution is -2.49. The first-order chi connectivity index (χ1) is 14.4. The molecule has 1 N–H and O–H groups in total. The molecule has 2 aromatic carbocycles. The van der Waals surface area contributed by atoms with Gasteiger partial charge in [-0.15, -0.1) is 0 Å². The molecule has 3 aliphatic carbocycles. The van der Waals surface area contributed by atoms with Crippen LogP contribution in [0.25, 0.3) is 6.08 Å². The molecule has 5 rings (SSSR count). The summed E-state index contributed by atoms with van der Waals surface area (Å²) >= 11 is 2.30. The zero-order valence-corrected chi connectivity index (χ0v) is 19.6. The van der Waals surface area contributed by atoms with E-state index < -0.39 is 5.60 Å². The van der Waals surface area contributed by atoms with Crippen molar-refractivity contribution < 1.29 is 9.84 Å². The first-order valence-corrected chi connectivity index (χ1v) is 11.9. The van der Waals surface area contributed by atoms with Crippen LogP contribution in [-0.2, 0) is 0 Å². The van der Waals surface area contributed by atoms with Gasteiger partial charge >= 0.3 is 0 Å². The molecule has 5 atom stereocenters. The van der Waals surface area contributed by atoms with Gasteiger partial charge < -0.3 is 9.84 Å². The Kier molecular flexibility index (Phi) is 4.99. The third-order valence-electron chi connectivity index (χ3n) is 7.93. The van der Waals surface area contributed by atoms with Crippen molar-refractivity contribution in [1.82, 2.24) is 0 Å². The Morgan fingerprint density at radius 2 is 1.90 bits per heavy atom. The average Bonchev–Trinajstić information content (AvgIpc) is 3.04. The van der Waals surface area contributed by atoms with E-state index in [0.717, 1.165) is 37.0 Å². The number of methoxy groups -OCH3 is 1. The van der Waals surface area contributed by atoms with Crippen LogP contribution in [0.5, 0.6) is 5.75 Å². The number of benzene rings is 2. The number of rotatable bonds is 1. The fourth-order valence-electron chi connectivity index (χ4n) is 6.13. The third-order valence-corrected chi connectivity index (χ3v) is 8.65. The maximum Gasteiger partial charge on any atom is 0.131 e. The molecule has 0 spiro atoms. The molecule has 0 aromatic heterocycles. The van der Waals surface area contributed by atoms with Gasteiger partial charge in [0.15, 0.2) is 0 Å². The van der Waals surface area contributed by atoms with Crippen LogP contribution >= 0.6 is 22.6 Å². The SMILES string of the molecule is COc1ccc2c(c1)C=C[C@@H]1[C@@H]2CC[C@@]2(C)[C@H]1CC[C@@]2(O)C#Cc1ccc(I)cc1. The molecule has 0 heterocycles. The van der Waals surface area contributed by atoms with Crippen LogP contribution < -0.4 is 4.74 Å². The number of aliphatic hydroxyl groups is 1. The van der Waals surface area contributed by atoms with Gasteiger partial charge in [-0.25, -0.2) is 0 Å². The Labute approximate surface area is 192 Å². The summed E-state index contributed by atoms with van der Waals surface area (Å²) in [5.41, 5.74) is 2.61. The minimum atomic E-state index is -0.917. The Bertz CT molecular complexity index is 1060. The molecule has 3 heteroatoms. The molecule has 0 radical (unpaired) electrons. The van der Waals surface area contributed by atoms with E-state index in [4.69, 9.17) is 4.74 Å². The Morgan fingerprint density at radius 1 is 1.10 bits per heavy atom. The summed E-state index contributed by atoms with van der Waals surface area (Å²) in [5.74, 6) is 8.98. The molecule has 3 aliphatic rings. The molecule has 0 unspecified atom stereocenters. The van der Waals surface area contributed by atoms with Gasteiger partial charge in [0.2, 0.25) is 0 Å². The molecule has 2 fully saturated rings. The van der Waals surface area contributed by atoms with Crippen molar-refractivity contribution >= 4 is 28.7 Å². The van der Waals surface area contributed by atoms with Crippen LogP contribution in [0.15, 0.2) is 48.5 Å². The highest BCUT2D eigenvalue weighted by molar-refractivity contribution is 14.1. The lowest BCUT2D eigenvalue weighted by Gasteiger charge is -2.50. The van der Waals surface area contributed by atoms with Gasteiger partial charge in [-0.1, -0.05) is 37.0 Å². The average molecular weight is 510 g/mol. The summed E-state index contributed by atoms with van der Waals surface area (Å²) in [7, 11) is 1.72. The summed E-state index contributed by atoms with van der Waals surface area (Å²) < 4.78 is 6.62. The molecule has 2 nitrogen and oxygen atoms in total. The predicted molar refractivity (Wildman–Crippen MR) is 129 cm³/mol. The summed E-state index contributed by atoms with van der Waals surface area (Å²) in [6, 6.07) is 14.7. The minimum absolute atomic E-state index is 0.168. The number of ether oxygens (including phenoxy) is 1. The quantitative estimate of drug-likeness (QED) is 0.376. The smallest absolute Gasteiger partial charge is 0.131 e. The molecular weight excluding hydrogens is 483 g/mol. The zero-order chi connectivity index (χ0) is 20.9. The van der Waals surface area contributed by atoms with Gasteiger partial charge in [0.1, 0.15) is 11.4 Å². The normalized spacial score (nSPS) is 33.7. The van der Waals surface area contributed by atoms with Crippen molar-refractivity contribution in [3.05, 3.63) is 68.8 Å². The predicted octanol–water partition coefficient (Wildman–Crippen LogP) is 6.02. The molecular formula is C27H27IO2. The summed E-state index contributed by atoms with van der Waals surface area (Å²) in [4.78, 5) is 0. The summed E-state index contributed by atoms with van der Waals surface area (Å²) in [6.07, 6.45) is 8.56. The lowest BCUT2D eigenvalue weighted by atomic mass is 9.54. The largest absolute Gasteiger partial charge is 0.497 e. The van der Waals surface area contributed by atoms with Crippen LogP contribution in [0, 0.1) is 32.7 Å². The van der Waals surface area contributed by atoms with E-state index in [1.54, 1.807) is 7.11 Å². The van der Waals surface area contributed by atoms with Crippen molar-refractivity contribution in [1.29, 1.82) is 0 Å². The van der Waals surface area contributed by atoms with Gasteiger partial charge in [0, 0.05) is 14.5 Å². The van der Waals surface area contributed by atoms with E-state index in [1.807, 2.05) is 12.1 Å². The lowest BCUT2D eigenvalue weighted by molar-refractivity contribution is -0.0548. The molecule has 2 saturated carbocycles. The maximum atomic E-state index is 11.7. The molecule has 0 aliphatic heterocycles. The Balaban J connectivity index is 1.45. The summed E-state index contributed by atoms with van der Waals surface area (Å²) in [6.45, 7) is 2.28. The van der Waals surface area contributed by atoms with Crippen LogP contribution in [0.2, 0.25) is 0 Å². The van der Waals surface area contributed by atoms with Gasteiger partial charge in [-0.2, -0.15) is 0 Å². The van der Waals surface area contributed by atoms with E-state index in [1.165, 1.54) is 14.7 Å².